The highest BCUT2D eigenvalue weighted by Crippen LogP contribution is 2.43. The molecule has 1 aliphatic rings. The molecule has 1 N–H and O–H groups in total. The summed E-state index contributed by atoms with van der Waals surface area (Å²) in [6.07, 6.45) is 1.90. The summed E-state index contributed by atoms with van der Waals surface area (Å²) in [4.78, 5) is 28.3. The second-order valence-corrected chi connectivity index (χ2v) is 8.99. The van der Waals surface area contributed by atoms with E-state index in [0.717, 1.165) is 18.4 Å². The molecule has 4 rings (SSSR count). The van der Waals surface area contributed by atoms with Crippen molar-refractivity contribution in [2.75, 3.05) is 20.3 Å². The molecule has 1 fully saturated rings. The fourth-order valence-corrected chi connectivity index (χ4v) is 4.52. The van der Waals surface area contributed by atoms with Gasteiger partial charge in [0.15, 0.2) is 11.5 Å². The molecule has 3 aromatic carbocycles. The summed E-state index contributed by atoms with van der Waals surface area (Å²) >= 11 is 0. The highest BCUT2D eigenvalue weighted by atomic mass is 16.5. The quantitative estimate of drug-likeness (QED) is 0.148. The number of likely N-dealkylation sites (tertiary alicyclic amines) is 1. The molecule has 1 amide bonds. The van der Waals surface area contributed by atoms with Crippen molar-refractivity contribution in [1.29, 1.82) is 0 Å². The second-order valence-electron chi connectivity index (χ2n) is 8.99. The molecule has 1 unspecified atom stereocenters. The van der Waals surface area contributed by atoms with Gasteiger partial charge in [-0.2, -0.15) is 0 Å². The van der Waals surface area contributed by atoms with Crippen LogP contribution in [0.25, 0.3) is 5.76 Å². The van der Waals surface area contributed by atoms with Gasteiger partial charge in [-0.15, -0.1) is 0 Å². The summed E-state index contributed by atoms with van der Waals surface area (Å²) in [6, 6.07) is 20.8. The number of nitrogens with zero attached hydrogens (tertiary/aromatic N) is 1. The largest absolute Gasteiger partial charge is 0.507 e. The smallest absolute Gasteiger partial charge is 0.295 e. The van der Waals surface area contributed by atoms with E-state index in [9.17, 15) is 14.7 Å². The van der Waals surface area contributed by atoms with Crippen LogP contribution >= 0.6 is 0 Å². The Balaban J connectivity index is 1.82. The Bertz CT molecular complexity index is 1320. The Morgan fingerprint density at radius 3 is 2.42 bits per heavy atom. The molecule has 0 bridgehead atoms. The summed E-state index contributed by atoms with van der Waals surface area (Å²) < 4.78 is 17.0. The van der Waals surface area contributed by atoms with Gasteiger partial charge in [-0.05, 0) is 48.7 Å². The lowest BCUT2D eigenvalue weighted by atomic mass is 9.94. The Morgan fingerprint density at radius 1 is 0.921 bits per heavy atom. The van der Waals surface area contributed by atoms with Crippen molar-refractivity contribution < 1.29 is 28.9 Å². The first-order valence-corrected chi connectivity index (χ1v) is 12.8. The van der Waals surface area contributed by atoms with Gasteiger partial charge in [-0.25, -0.2) is 0 Å². The van der Waals surface area contributed by atoms with Crippen LogP contribution in [0.15, 0.2) is 78.4 Å². The number of methoxy groups -OCH3 is 1. The van der Waals surface area contributed by atoms with Crippen molar-refractivity contribution in [2.24, 2.45) is 0 Å². The fraction of sp³-hybridized carbons (Fsp3) is 0.290. The summed E-state index contributed by atoms with van der Waals surface area (Å²) in [5.41, 5.74) is 1.91. The molecule has 0 aliphatic carbocycles. The first-order valence-electron chi connectivity index (χ1n) is 12.8. The van der Waals surface area contributed by atoms with Gasteiger partial charge in [-0.3, -0.25) is 9.59 Å². The maximum atomic E-state index is 13.4. The Morgan fingerprint density at radius 2 is 1.71 bits per heavy atom. The molecule has 7 heteroatoms. The molecule has 0 aromatic heterocycles. The van der Waals surface area contributed by atoms with Gasteiger partial charge >= 0.3 is 0 Å². The minimum atomic E-state index is -0.829. The first-order chi connectivity index (χ1) is 18.5. The normalized spacial score (nSPS) is 16.5. The van der Waals surface area contributed by atoms with Gasteiger partial charge < -0.3 is 24.2 Å². The van der Waals surface area contributed by atoms with Gasteiger partial charge in [-0.1, -0.05) is 61.9 Å². The molecular weight excluding hydrogens is 482 g/mol. The molecule has 7 nitrogen and oxygen atoms in total. The number of carbonyl (C=O) groups excluding carboxylic acids is 2. The highest BCUT2D eigenvalue weighted by molar-refractivity contribution is 6.46. The molecule has 0 saturated carbocycles. The number of carbonyl (C=O) groups is 2. The summed E-state index contributed by atoms with van der Waals surface area (Å²) in [5, 5.41) is 11.5. The van der Waals surface area contributed by atoms with Gasteiger partial charge in [0.25, 0.3) is 11.7 Å². The number of amides is 1. The minimum Gasteiger partial charge on any atom is -0.507 e. The maximum absolute atomic E-state index is 13.4. The number of aliphatic hydroxyl groups excluding tert-OH is 1. The van der Waals surface area contributed by atoms with E-state index in [1.54, 1.807) is 42.5 Å². The van der Waals surface area contributed by atoms with Crippen LogP contribution in [0.2, 0.25) is 0 Å². The number of ether oxygens (including phenoxy) is 3. The zero-order valence-corrected chi connectivity index (χ0v) is 22.0. The molecule has 1 aliphatic heterocycles. The van der Waals surface area contributed by atoms with Gasteiger partial charge in [0.1, 0.15) is 11.5 Å². The van der Waals surface area contributed by atoms with E-state index >= 15 is 0 Å². The second kappa shape index (κ2) is 12.3. The number of ketones is 1. The van der Waals surface area contributed by atoms with Crippen LogP contribution in [0, 0.1) is 0 Å². The number of Topliss-reactive ketones (excluding diaryl/α,β-unsaturated/α-hetero) is 1. The predicted molar refractivity (Wildman–Crippen MR) is 145 cm³/mol. The number of benzene rings is 3. The third-order valence-electron chi connectivity index (χ3n) is 6.41. The number of hydrogen-bond donors (Lipinski definition) is 1. The average molecular weight is 516 g/mol. The monoisotopic (exact) mass is 515 g/mol. The SMILES string of the molecule is CCCCOc1cccc(C(O)=C2C(=O)C(=O)N(Cc3ccccc3)C2c2ccc(OCC)c(OC)c2)c1. The van der Waals surface area contributed by atoms with Gasteiger partial charge in [0, 0.05) is 12.1 Å². The molecule has 3 aromatic rings. The van der Waals surface area contributed by atoms with E-state index < -0.39 is 17.7 Å². The molecular formula is C31H33NO6. The zero-order valence-electron chi connectivity index (χ0n) is 22.0. The van der Waals surface area contributed by atoms with Gasteiger partial charge in [0.05, 0.1) is 31.9 Å². The number of hydrogen-bond acceptors (Lipinski definition) is 6. The van der Waals surface area contributed by atoms with Crippen LogP contribution in [0.5, 0.6) is 17.2 Å². The standard InChI is InChI=1S/C31H33NO6/c1-4-6-17-38-24-14-10-13-23(18-24)29(33)27-28(22-15-16-25(37-5-2)26(19-22)36-3)32(31(35)30(27)34)20-21-11-8-7-9-12-21/h7-16,18-19,28,33H,4-6,17,20H2,1-3H3. The molecule has 0 radical (unpaired) electrons. The van der Waals surface area contributed by atoms with E-state index in [0.29, 0.717) is 41.6 Å². The van der Waals surface area contributed by atoms with Crippen LogP contribution < -0.4 is 14.2 Å². The maximum Gasteiger partial charge on any atom is 0.295 e. The van der Waals surface area contributed by atoms with Crippen LogP contribution in [0.1, 0.15) is 49.4 Å². The lowest BCUT2D eigenvalue weighted by Gasteiger charge is -2.26. The van der Waals surface area contributed by atoms with Crippen LogP contribution in [0.3, 0.4) is 0 Å². The first kappa shape index (κ1) is 26.8. The van der Waals surface area contributed by atoms with E-state index in [1.165, 1.54) is 12.0 Å². The van der Waals surface area contributed by atoms with Crippen molar-refractivity contribution >= 4 is 17.4 Å². The topological polar surface area (TPSA) is 85.3 Å². The van der Waals surface area contributed by atoms with Crippen LogP contribution in [0.4, 0.5) is 0 Å². The minimum absolute atomic E-state index is 0.0165. The molecule has 1 atom stereocenters. The van der Waals surface area contributed by atoms with E-state index in [-0.39, 0.29) is 17.9 Å². The third-order valence-corrected chi connectivity index (χ3v) is 6.41. The van der Waals surface area contributed by atoms with E-state index in [2.05, 4.69) is 6.92 Å². The number of unbranched alkanes of at least 4 members (excludes halogenated alkanes) is 1. The molecule has 1 saturated heterocycles. The zero-order chi connectivity index (χ0) is 27.1. The predicted octanol–water partition coefficient (Wildman–Crippen LogP) is 5.89. The molecule has 198 valence electrons. The lowest BCUT2D eigenvalue weighted by molar-refractivity contribution is -0.140. The van der Waals surface area contributed by atoms with Crippen molar-refractivity contribution in [3.8, 4) is 17.2 Å². The Hall–Kier alpha value is -4.26. The third kappa shape index (κ3) is 5.67. The molecule has 38 heavy (non-hydrogen) atoms. The van der Waals surface area contributed by atoms with E-state index in [1.807, 2.05) is 37.3 Å². The van der Waals surface area contributed by atoms with Crippen molar-refractivity contribution in [2.45, 2.75) is 39.3 Å². The Kier molecular flexibility index (Phi) is 8.69. The summed E-state index contributed by atoms with van der Waals surface area (Å²) in [7, 11) is 1.53. The Labute approximate surface area is 223 Å². The number of aliphatic hydroxyl groups is 1. The summed E-state index contributed by atoms with van der Waals surface area (Å²) in [6.45, 7) is 5.16. The highest BCUT2D eigenvalue weighted by Gasteiger charge is 2.46. The molecule has 1 heterocycles. The molecule has 0 spiro atoms. The van der Waals surface area contributed by atoms with Crippen LogP contribution in [-0.2, 0) is 16.1 Å². The average Bonchev–Trinajstić information content (AvgIpc) is 3.19. The van der Waals surface area contributed by atoms with E-state index in [4.69, 9.17) is 14.2 Å². The fourth-order valence-electron chi connectivity index (χ4n) is 4.52. The number of rotatable bonds is 11. The van der Waals surface area contributed by atoms with Crippen molar-refractivity contribution in [1.82, 2.24) is 4.90 Å². The lowest BCUT2D eigenvalue weighted by Crippen LogP contribution is -2.29. The van der Waals surface area contributed by atoms with Crippen LogP contribution in [-0.4, -0.2) is 42.0 Å². The van der Waals surface area contributed by atoms with Crippen molar-refractivity contribution in [3.63, 3.8) is 0 Å². The van der Waals surface area contributed by atoms with Gasteiger partial charge in [0.2, 0.25) is 0 Å². The summed E-state index contributed by atoms with van der Waals surface area (Å²) in [5.74, 6) is -0.0631. The van der Waals surface area contributed by atoms with Crippen molar-refractivity contribution in [3.05, 3.63) is 95.1 Å².